The van der Waals surface area contributed by atoms with Gasteiger partial charge in [-0.05, 0) is 49.9 Å². The van der Waals surface area contributed by atoms with E-state index >= 15 is 0 Å². The predicted octanol–water partition coefficient (Wildman–Crippen LogP) is 3.26. The normalized spacial score (nSPS) is 17.8. The molecule has 1 aliphatic carbocycles. The Bertz CT molecular complexity index is 569. The molecule has 3 nitrogen and oxygen atoms in total. The third-order valence-electron chi connectivity index (χ3n) is 3.58. The standard InChI is InChI=1S/C14H16ClN3/c1-8-14(9(2)18-17-8)16-13-6-10-3-4-12(15)5-11(10)7-13/h3-5,13,16H,6-7H2,1-2H3,(H,17,18). The van der Waals surface area contributed by atoms with Gasteiger partial charge in [0.05, 0.1) is 17.1 Å². The fraction of sp³-hybridized carbons (Fsp3) is 0.357. The summed E-state index contributed by atoms with van der Waals surface area (Å²) in [7, 11) is 0. The Morgan fingerprint density at radius 3 is 2.78 bits per heavy atom. The average molecular weight is 262 g/mol. The molecule has 0 bridgehead atoms. The molecule has 3 rings (SSSR count). The van der Waals surface area contributed by atoms with E-state index in [1.54, 1.807) is 0 Å². The highest BCUT2D eigenvalue weighted by Crippen LogP contribution is 2.28. The Morgan fingerprint density at radius 1 is 1.28 bits per heavy atom. The first-order valence-electron chi connectivity index (χ1n) is 6.19. The first kappa shape index (κ1) is 11.6. The zero-order chi connectivity index (χ0) is 12.7. The number of hydrogen-bond acceptors (Lipinski definition) is 2. The molecule has 94 valence electrons. The van der Waals surface area contributed by atoms with Gasteiger partial charge in [-0.15, -0.1) is 0 Å². The molecule has 0 saturated carbocycles. The highest BCUT2D eigenvalue weighted by atomic mass is 35.5. The van der Waals surface area contributed by atoms with Crippen molar-refractivity contribution in [1.82, 2.24) is 10.2 Å². The molecule has 1 aromatic carbocycles. The number of aromatic amines is 1. The van der Waals surface area contributed by atoms with Gasteiger partial charge >= 0.3 is 0 Å². The van der Waals surface area contributed by atoms with Gasteiger partial charge in [-0.25, -0.2) is 0 Å². The largest absolute Gasteiger partial charge is 0.379 e. The zero-order valence-electron chi connectivity index (χ0n) is 10.5. The van der Waals surface area contributed by atoms with Gasteiger partial charge < -0.3 is 5.32 Å². The minimum absolute atomic E-state index is 0.438. The molecule has 0 fully saturated rings. The van der Waals surface area contributed by atoms with E-state index in [2.05, 4.69) is 27.6 Å². The molecule has 1 atom stereocenters. The maximum absolute atomic E-state index is 6.03. The number of H-pyrrole nitrogens is 1. The number of rotatable bonds is 2. The van der Waals surface area contributed by atoms with Crippen molar-refractivity contribution in [2.24, 2.45) is 0 Å². The number of aryl methyl sites for hydroxylation is 2. The lowest BCUT2D eigenvalue weighted by Gasteiger charge is -2.13. The maximum Gasteiger partial charge on any atom is 0.0825 e. The summed E-state index contributed by atoms with van der Waals surface area (Å²) in [5, 5.41) is 11.6. The summed E-state index contributed by atoms with van der Waals surface area (Å²) < 4.78 is 0. The van der Waals surface area contributed by atoms with E-state index < -0.39 is 0 Å². The lowest BCUT2D eigenvalue weighted by molar-refractivity contribution is 0.772. The van der Waals surface area contributed by atoms with E-state index in [0.29, 0.717) is 6.04 Å². The minimum Gasteiger partial charge on any atom is -0.379 e. The van der Waals surface area contributed by atoms with Gasteiger partial charge in [-0.3, -0.25) is 5.10 Å². The topological polar surface area (TPSA) is 40.7 Å². The lowest BCUT2D eigenvalue weighted by atomic mass is 10.1. The number of hydrogen-bond donors (Lipinski definition) is 2. The van der Waals surface area contributed by atoms with Crippen molar-refractivity contribution >= 4 is 17.3 Å². The van der Waals surface area contributed by atoms with Crippen LogP contribution in [0.4, 0.5) is 5.69 Å². The van der Waals surface area contributed by atoms with Crippen molar-refractivity contribution in [3.8, 4) is 0 Å². The third-order valence-corrected chi connectivity index (χ3v) is 3.81. The second kappa shape index (κ2) is 4.32. The van der Waals surface area contributed by atoms with Gasteiger partial charge in [0, 0.05) is 11.1 Å². The lowest BCUT2D eigenvalue weighted by Crippen LogP contribution is -2.20. The van der Waals surface area contributed by atoms with Gasteiger partial charge in [0.15, 0.2) is 0 Å². The molecule has 2 N–H and O–H groups in total. The molecule has 1 heterocycles. The van der Waals surface area contributed by atoms with Crippen LogP contribution in [0.2, 0.25) is 5.02 Å². The number of benzene rings is 1. The summed E-state index contributed by atoms with van der Waals surface area (Å²) in [6.07, 6.45) is 2.08. The van der Waals surface area contributed by atoms with Crippen molar-refractivity contribution in [3.05, 3.63) is 45.7 Å². The number of aromatic nitrogens is 2. The van der Waals surface area contributed by atoms with Crippen LogP contribution in [0.5, 0.6) is 0 Å². The first-order chi connectivity index (χ1) is 8.63. The van der Waals surface area contributed by atoms with Crippen molar-refractivity contribution in [3.63, 3.8) is 0 Å². The van der Waals surface area contributed by atoms with Crippen LogP contribution in [-0.2, 0) is 12.8 Å². The van der Waals surface area contributed by atoms with Gasteiger partial charge in [0.2, 0.25) is 0 Å². The summed E-state index contributed by atoms with van der Waals surface area (Å²) >= 11 is 6.03. The van der Waals surface area contributed by atoms with Gasteiger partial charge in [0.1, 0.15) is 0 Å². The van der Waals surface area contributed by atoms with Crippen LogP contribution >= 0.6 is 11.6 Å². The molecule has 1 unspecified atom stereocenters. The number of nitrogens with zero attached hydrogens (tertiary/aromatic N) is 1. The quantitative estimate of drug-likeness (QED) is 0.871. The Kier molecular flexibility index (Phi) is 2.78. The highest BCUT2D eigenvalue weighted by molar-refractivity contribution is 6.30. The molecular weight excluding hydrogens is 246 g/mol. The van der Waals surface area contributed by atoms with E-state index in [1.807, 2.05) is 19.9 Å². The Labute approximate surface area is 112 Å². The second-order valence-corrected chi connectivity index (χ2v) is 5.41. The molecule has 0 spiro atoms. The molecule has 4 heteroatoms. The molecule has 0 aliphatic heterocycles. The minimum atomic E-state index is 0.438. The van der Waals surface area contributed by atoms with Gasteiger partial charge in [-0.1, -0.05) is 17.7 Å². The monoisotopic (exact) mass is 261 g/mol. The highest BCUT2D eigenvalue weighted by Gasteiger charge is 2.22. The first-order valence-corrected chi connectivity index (χ1v) is 6.56. The van der Waals surface area contributed by atoms with Crippen LogP contribution < -0.4 is 5.32 Å². The summed E-state index contributed by atoms with van der Waals surface area (Å²) in [6.45, 7) is 4.06. The predicted molar refractivity (Wildman–Crippen MR) is 74.3 cm³/mol. The Morgan fingerprint density at radius 2 is 2.06 bits per heavy atom. The molecule has 1 aromatic heterocycles. The van der Waals surface area contributed by atoms with Crippen molar-refractivity contribution in [2.45, 2.75) is 32.7 Å². The van der Waals surface area contributed by atoms with E-state index in [0.717, 1.165) is 34.9 Å². The van der Waals surface area contributed by atoms with Crippen LogP contribution in [0, 0.1) is 13.8 Å². The zero-order valence-corrected chi connectivity index (χ0v) is 11.3. The third kappa shape index (κ3) is 1.99. The second-order valence-electron chi connectivity index (χ2n) is 4.97. The smallest absolute Gasteiger partial charge is 0.0825 e. The molecule has 0 amide bonds. The fourth-order valence-electron chi connectivity index (χ4n) is 2.66. The van der Waals surface area contributed by atoms with E-state index in [9.17, 15) is 0 Å². The Balaban J connectivity index is 1.79. The molecule has 1 aliphatic rings. The molecule has 2 aromatic rings. The number of anilines is 1. The number of nitrogens with one attached hydrogen (secondary N) is 2. The molecule has 0 radical (unpaired) electrons. The summed E-state index contributed by atoms with van der Waals surface area (Å²) in [4.78, 5) is 0. The van der Waals surface area contributed by atoms with Crippen LogP contribution in [0.1, 0.15) is 22.5 Å². The average Bonchev–Trinajstić information content (AvgIpc) is 2.86. The molecular formula is C14H16ClN3. The fourth-order valence-corrected chi connectivity index (χ4v) is 2.85. The van der Waals surface area contributed by atoms with Crippen LogP contribution in [0.3, 0.4) is 0 Å². The van der Waals surface area contributed by atoms with Crippen LogP contribution in [0.25, 0.3) is 0 Å². The summed E-state index contributed by atoms with van der Waals surface area (Å²) in [6, 6.07) is 6.62. The summed E-state index contributed by atoms with van der Waals surface area (Å²) in [5.74, 6) is 0. The maximum atomic E-state index is 6.03. The molecule has 18 heavy (non-hydrogen) atoms. The Hall–Kier alpha value is -1.48. The molecule has 0 saturated heterocycles. The van der Waals surface area contributed by atoms with Crippen LogP contribution in [-0.4, -0.2) is 16.2 Å². The van der Waals surface area contributed by atoms with E-state index in [4.69, 9.17) is 11.6 Å². The van der Waals surface area contributed by atoms with Gasteiger partial charge in [-0.2, -0.15) is 5.10 Å². The number of fused-ring (bicyclic) bond motifs is 1. The van der Waals surface area contributed by atoms with E-state index in [-0.39, 0.29) is 0 Å². The SMILES string of the molecule is Cc1n[nH]c(C)c1NC1Cc2ccc(Cl)cc2C1. The van der Waals surface area contributed by atoms with Crippen molar-refractivity contribution in [2.75, 3.05) is 5.32 Å². The van der Waals surface area contributed by atoms with Crippen molar-refractivity contribution in [1.29, 1.82) is 0 Å². The van der Waals surface area contributed by atoms with Gasteiger partial charge in [0.25, 0.3) is 0 Å². The van der Waals surface area contributed by atoms with E-state index in [1.165, 1.54) is 11.1 Å². The van der Waals surface area contributed by atoms with Crippen molar-refractivity contribution < 1.29 is 0 Å². The van der Waals surface area contributed by atoms with Crippen LogP contribution in [0.15, 0.2) is 18.2 Å². The summed E-state index contributed by atoms with van der Waals surface area (Å²) in [5.41, 5.74) is 6.02. The number of halogens is 1.